The van der Waals surface area contributed by atoms with Crippen molar-refractivity contribution in [2.45, 2.75) is 24.7 Å². The molecule has 0 radical (unpaired) electrons. The van der Waals surface area contributed by atoms with Crippen molar-refractivity contribution in [3.8, 4) is 0 Å². The van der Waals surface area contributed by atoms with Gasteiger partial charge in [-0.05, 0) is 19.5 Å². The van der Waals surface area contributed by atoms with Crippen LogP contribution >= 0.6 is 11.3 Å². The molecule has 1 rings (SSSR count). The smallest absolute Gasteiger partial charge is 0.308 e. The Labute approximate surface area is 127 Å². The lowest BCUT2D eigenvalue weighted by atomic mass is 10.0. The minimum Gasteiger partial charge on any atom is -0.481 e. The van der Waals surface area contributed by atoms with E-state index in [1.54, 1.807) is 0 Å². The molecular formula is C12H18N2O5S2. The van der Waals surface area contributed by atoms with Gasteiger partial charge in [0.25, 0.3) is 5.91 Å². The molecule has 0 aliphatic rings. The van der Waals surface area contributed by atoms with Crippen LogP contribution < -0.4 is 10.0 Å². The summed E-state index contributed by atoms with van der Waals surface area (Å²) in [6, 6.07) is 1.27. The van der Waals surface area contributed by atoms with Gasteiger partial charge < -0.3 is 10.4 Å². The van der Waals surface area contributed by atoms with Gasteiger partial charge in [0.1, 0.15) is 0 Å². The second kappa shape index (κ2) is 7.53. The molecule has 1 heterocycles. The van der Waals surface area contributed by atoms with E-state index in [1.807, 2.05) is 6.92 Å². The predicted octanol–water partition coefficient (Wildman–Crippen LogP) is 0.887. The van der Waals surface area contributed by atoms with Gasteiger partial charge in [-0.25, -0.2) is 13.1 Å². The van der Waals surface area contributed by atoms with Crippen LogP contribution in [0.5, 0.6) is 0 Å². The highest BCUT2D eigenvalue weighted by Crippen LogP contribution is 2.19. The standard InChI is InChI=1S/C12H18N2O5S2/c1-3-4-8(12(16)17)6-14-11(15)10-5-9(7-20-10)21(18,19)13-2/h5,7-8,13H,3-4,6H2,1-2H3,(H,14,15)(H,16,17). The van der Waals surface area contributed by atoms with Gasteiger partial charge in [0.2, 0.25) is 10.0 Å². The summed E-state index contributed by atoms with van der Waals surface area (Å²) < 4.78 is 25.3. The topological polar surface area (TPSA) is 113 Å². The van der Waals surface area contributed by atoms with Crippen LogP contribution in [0.1, 0.15) is 29.4 Å². The van der Waals surface area contributed by atoms with E-state index in [-0.39, 0.29) is 16.3 Å². The molecule has 0 aliphatic heterocycles. The molecule has 9 heteroatoms. The van der Waals surface area contributed by atoms with Crippen LogP contribution in [0.3, 0.4) is 0 Å². The van der Waals surface area contributed by atoms with E-state index in [0.29, 0.717) is 12.8 Å². The summed E-state index contributed by atoms with van der Waals surface area (Å²) in [5.74, 6) is -2.07. The second-order valence-electron chi connectivity index (χ2n) is 4.39. The number of aliphatic carboxylic acids is 1. The Morgan fingerprint density at radius 1 is 1.43 bits per heavy atom. The zero-order valence-corrected chi connectivity index (χ0v) is 13.4. The average Bonchev–Trinajstić information content (AvgIpc) is 2.93. The molecule has 0 bridgehead atoms. The third-order valence-electron chi connectivity index (χ3n) is 2.87. The van der Waals surface area contributed by atoms with Gasteiger partial charge in [-0.1, -0.05) is 13.3 Å². The van der Waals surface area contributed by atoms with Crippen molar-refractivity contribution in [2.24, 2.45) is 5.92 Å². The summed E-state index contributed by atoms with van der Waals surface area (Å²) >= 11 is 0.995. The van der Waals surface area contributed by atoms with Crippen molar-refractivity contribution >= 4 is 33.2 Å². The van der Waals surface area contributed by atoms with Crippen molar-refractivity contribution in [3.05, 3.63) is 16.3 Å². The zero-order chi connectivity index (χ0) is 16.0. The molecule has 3 N–H and O–H groups in total. The highest BCUT2D eigenvalue weighted by atomic mass is 32.2. The number of sulfonamides is 1. The molecule has 1 unspecified atom stereocenters. The lowest BCUT2D eigenvalue weighted by Gasteiger charge is -2.11. The van der Waals surface area contributed by atoms with Crippen LogP contribution in [0.25, 0.3) is 0 Å². The van der Waals surface area contributed by atoms with Gasteiger partial charge in [0.05, 0.1) is 15.7 Å². The fourth-order valence-corrected chi connectivity index (χ4v) is 3.58. The molecule has 1 aromatic heterocycles. The third-order valence-corrected chi connectivity index (χ3v) is 5.35. The van der Waals surface area contributed by atoms with E-state index < -0.39 is 27.8 Å². The fraction of sp³-hybridized carbons (Fsp3) is 0.500. The largest absolute Gasteiger partial charge is 0.481 e. The Kier molecular flexibility index (Phi) is 6.31. The van der Waals surface area contributed by atoms with Gasteiger partial charge in [0, 0.05) is 11.9 Å². The zero-order valence-electron chi connectivity index (χ0n) is 11.8. The number of rotatable bonds is 8. The van der Waals surface area contributed by atoms with Gasteiger partial charge in [-0.2, -0.15) is 0 Å². The number of thiophene rings is 1. The minimum atomic E-state index is -3.58. The molecule has 0 fully saturated rings. The maximum absolute atomic E-state index is 11.9. The van der Waals surface area contributed by atoms with Crippen molar-refractivity contribution in [2.75, 3.05) is 13.6 Å². The van der Waals surface area contributed by atoms with Gasteiger partial charge in [0.15, 0.2) is 0 Å². The molecular weight excluding hydrogens is 316 g/mol. The Bertz CT molecular complexity index is 609. The monoisotopic (exact) mass is 334 g/mol. The molecule has 0 spiro atoms. The molecule has 21 heavy (non-hydrogen) atoms. The Balaban J connectivity index is 2.71. The summed E-state index contributed by atoms with van der Waals surface area (Å²) in [7, 11) is -2.29. The van der Waals surface area contributed by atoms with E-state index in [4.69, 9.17) is 5.11 Å². The van der Waals surface area contributed by atoms with Crippen molar-refractivity contribution in [3.63, 3.8) is 0 Å². The highest BCUT2D eigenvalue weighted by Gasteiger charge is 2.20. The van der Waals surface area contributed by atoms with E-state index in [9.17, 15) is 18.0 Å². The fourth-order valence-electron chi connectivity index (χ4n) is 1.66. The van der Waals surface area contributed by atoms with Gasteiger partial charge in [-0.15, -0.1) is 11.3 Å². The summed E-state index contributed by atoms with van der Waals surface area (Å²) in [5.41, 5.74) is 0. The first-order valence-electron chi connectivity index (χ1n) is 6.35. The molecule has 1 atom stereocenters. The molecule has 0 aliphatic carbocycles. The molecule has 1 aromatic rings. The summed E-state index contributed by atoms with van der Waals surface area (Å²) in [6.07, 6.45) is 1.18. The van der Waals surface area contributed by atoms with E-state index in [1.165, 1.54) is 18.5 Å². The lowest BCUT2D eigenvalue weighted by molar-refractivity contribution is -0.141. The Morgan fingerprint density at radius 3 is 2.62 bits per heavy atom. The van der Waals surface area contributed by atoms with Crippen molar-refractivity contribution in [1.82, 2.24) is 10.0 Å². The normalized spacial score (nSPS) is 12.9. The van der Waals surface area contributed by atoms with E-state index in [0.717, 1.165) is 11.3 Å². The first-order chi connectivity index (χ1) is 9.81. The van der Waals surface area contributed by atoms with Crippen LogP contribution in [0, 0.1) is 5.92 Å². The number of hydrogen-bond donors (Lipinski definition) is 3. The summed E-state index contributed by atoms with van der Waals surface area (Å²) in [6.45, 7) is 1.89. The van der Waals surface area contributed by atoms with E-state index in [2.05, 4.69) is 10.0 Å². The van der Waals surface area contributed by atoms with Crippen LogP contribution in [0.2, 0.25) is 0 Å². The van der Waals surface area contributed by atoms with Crippen LogP contribution in [-0.2, 0) is 14.8 Å². The SMILES string of the molecule is CCCC(CNC(=O)c1cc(S(=O)(=O)NC)cs1)C(=O)O. The molecule has 0 saturated carbocycles. The van der Waals surface area contributed by atoms with Crippen LogP contribution in [-0.4, -0.2) is 39.0 Å². The van der Waals surface area contributed by atoms with Gasteiger partial charge >= 0.3 is 5.97 Å². The van der Waals surface area contributed by atoms with Crippen molar-refractivity contribution < 1.29 is 23.1 Å². The number of nitrogens with one attached hydrogen (secondary N) is 2. The average molecular weight is 334 g/mol. The van der Waals surface area contributed by atoms with E-state index >= 15 is 0 Å². The third kappa shape index (κ3) is 4.80. The Morgan fingerprint density at radius 2 is 2.10 bits per heavy atom. The number of carboxylic acids is 1. The second-order valence-corrected chi connectivity index (χ2v) is 7.19. The Hall–Kier alpha value is -1.45. The lowest BCUT2D eigenvalue weighted by Crippen LogP contribution is -2.32. The first kappa shape index (κ1) is 17.6. The molecule has 7 nitrogen and oxygen atoms in total. The van der Waals surface area contributed by atoms with Crippen LogP contribution in [0.15, 0.2) is 16.3 Å². The quantitative estimate of drug-likeness (QED) is 0.653. The van der Waals surface area contributed by atoms with Gasteiger partial charge in [-0.3, -0.25) is 9.59 Å². The molecule has 0 aromatic carbocycles. The number of hydrogen-bond acceptors (Lipinski definition) is 5. The summed E-state index contributed by atoms with van der Waals surface area (Å²) in [4.78, 5) is 23.1. The van der Waals surface area contributed by atoms with Crippen LogP contribution in [0.4, 0.5) is 0 Å². The summed E-state index contributed by atoms with van der Waals surface area (Å²) in [5, 5.41) is 12.9. The highest BCUT2D eigenvalue weighted by molar-refractivity contribution is 7.89. The number of carbonyl (C=O) groups is 2. The minimum absolute atomic E-state index is 0.0171. The number of carbonyl (C=O) groups excluding carboxylic acids is 1. The number of carboxylic acid groups (broad SMARTS) is 1. The van der Waals surface area contributed by atoms with Crippen molar-refractivity contribution in [1.29, 1.82) is 0 Å². The predicted molar refractivity (Wildman–Crippen MR) is 78.9 cm³/mol. The molecule has 118 valence electrons. The molecule has 1 amide bonds. The maximum Gasteiger partial charge on any atom is 0.308 e. The first-order valence-corrected chi connectivity index (χ1v) is 8.71. The number of amides is 1. The molecule has 0 saturated heterocycles. The maximum atomic E-state index is 11.9.